The van der Waals surface area contributed by atoms with Gasteiger partial charge in [-0.05, 0) is 81.3 Å². The molecule has 1 saturated heterocycles. The first-order valence-electron chi connectivity index (χ1n) is 12.3. The Morgan fingerprint density at radius 2 is 1.89 bits per heavy atom. The SMILES string of the molecule is Cc1cn2cc(-c3cc(F)c4c(=O)n(C5CCN(C(=O)OC(C)(C)C)CC5)ccc4c3)cc(C#N)c2n1. The Kier molecular flexibility index (Phi) is 5.98. The van der Waals surface area contributed by atoms with Crippen molar-refractivity contribution >= 4 is 22.5 Å². The molecule has 1 aromatic carbocycles. The molecule has 0 atom stereocenters. The fourth-order valence-corrected chi connectivity index (χ4v) is 4.91. The lowest BCUT2D eigenvalue weighted by Gasteiger charge is -2.34. The van der Waals surface area contributed by atoms with Crippen molar-refractivity contribution in [3.63, 3.8) is 0 Å². The summed E-state index contributed by atoms with van der Waals surface area (Å²) in [5, 5.41) is 10.1. The number of nitriles is 1. The smallest absolute Gasteiger partial charge is 0.410 e. The molecule has 9 heteroatoms. The normalized spacial score (nSPS) is 14.8. The number of aromatic nitrogens is 3. The molecule has 1 amide bonds. The number of carbonyl (C=O) groups is 1. The van der Waals surface area contributed by atoms with Crippen LogP contribution in [0.2, 0.25) is 0 Å². The van der Waals surface area contributed by atoms with E-state index in [0.29, 0.717) is 53.7 Å². The number of piperidine rings is 1. The first-order chi connectivity index (χ1) is 17.5. The number of halogens is 1. The number of ether oxygens (including phenoxy) is 1. The summed E-state index contributed by atoms with van der Waals surface area (Å²) in [6.45, 7) is 8.24. The Balaban J connectivity index is 1.45. The number of carbonyl (C=O) groups excluding carboxylic acids is 1. The second kappa shape index (κ2) is 9.04. The Morgan fingerprint density at radius 1 is 1.16 bits per heavy atom. The summed E-state index contributed by atoms with van der Waals surface area (Å²) in [7, 11) is 0. The molecule has 0 N–H and O–H groups in total. The number of aryl methyl sites for hydroxylation is 1. The Hall–Kier alpha value is -4.19. The molecule has 0 radical (unpaired) electrons. The monoisotopic (exact) mass is 501 g/mol. The molecular formula is C28H28FN5O3. The summed E-state index contributed by atoms with van der Waals surface area (Å²) in [6, 6.07) is 8.55. The van der Waals surface area contributed by atoms with Crippen LogP contribution in [0.4, 0.5) is 9.18 Å². The van der Waals surface area contributed by atoms with Crippen molar-refractivity contribution in [3.8, 4) is 17.2 Å². The molecule has 37 heavy (non-hydrogen) atoms. The summed E-state index contributed by atoms with van der Waals surface area (Å²) in [6.07, 6.45) is 6.10. The highest BCUT2D eigenvalue weighted by Gasteiger charge is 2.28. The zero-order chi connectivity index (χ0) is 26.5. The molecule has 4 aromatic rings. The zero-order valence-corrected chi connectivity index (χ0v) is 21.3. The standard InChI is InChI=1S/C28H28FN5O3/c1-17-15-33-16-21(12-20(14-30)25(33)31-17)19-11-18-5-10-34(26(35)24(18)23(29)13-19)22-6-8-32(9-7-22)27(36)37-28(2,3)4/h5,10-13,15-16,22H,6-9H2,1-4H3. The quantitative estimate of drug-likeness (QED) is 0.376. The van der Waals surface area contributed by atoms with Crippen molar-refractivity contribution in [1.82, 2.24) is 18.9 Å². The fourth-order valence-electron chi connectivity index (χ4n) is 4.91. The van der Waals surface area contributed by atoms with E-state index in [1.54, 1.807) is 44.5 Å². The molecule has 0 unspecified atom stereocenters. The van der Waals surface area contributed by atoms with Crippen LogP contribution in [0.25, 0.3) is 27.5 Å². The highest BCUT2D eigenvalue weighted by atomic mass is 19.1. The molecule has 8 nitrogen and oxygen atoms in total. The predicted octanol–water partition coefficient (Wildman–Crippen LogP) is 5.21. The zero-order valence-electron chi connectivity index (χ0n) is 21.3. The van der Waals surface area contributed by atoms with Gasteiger partial charge in [0.15, 0.2) is 5.65 Å². The van der Waals surface area contributed by atoms with Crippen LogP contribution in [-0.4, -0.2) is 43.6 Å². The molecular weight excluding hydrogens is 473 g/mol. The maximum absolute atomic E-state index is 15.4. The summed E-state index contributed by atoms with van der Waals surface area (Å²) in [5.74, 6) is -0.613. The van der Waals surface area contributed by atoms with Gasteiger partial charge in [0.1, 0.15) is 17.5 Å². The van der Waals surface area contributed by atoms with Crippen molar-refractivity contribution in [2.75, 3.05) is 13.1 Å². The van der Waals surface area contributed by atoms with E-state index < -0.39 is 17.0 Å². The van der Waals surface area contributed by atoms with Crippen LogP contribution >= 0.6 is 0 Å². The van der Waals surface area contributed by atoms with Gasteiger partial charge in [-0.2, -0.15) is 5.26 Å². The number of likely N-dealkylation sites (tertiary alicyclic amines) is 1. The molecule has 3 aromatic heterocycles. The van der Waals surface area contributed by atoms with E-state index in [4.69, 9.17) is 4.74 Å². The van der Waals surface area contributed by atoms with Crippen molar-refractivity contribution in [3.05, 3.63) is 70.3 Å². The van der Waals surface area contributed by atoms with Crippen LogP contribution in [0.15, 0.2) is 47.7 Å². The summed E-state index contributed by atoms with van der Waals surface area (Å²) in [5.41, 5.74) is 1.97. The van der Waals surface area contributed by atoms with Gasteiger partial charge in [-0.3, -0.25) is 4.79 Å². The van der Waals surface area contributed by atoms with Gasteiger partial charge in [-0.15, -0.1) is 0 Å². The van der Waals surface area contributed by atoms with E-state index in [9.17, 15) is 14.9 Å². The van der Waals surface area contributed by atoms with E-state index >= 15 is 4.39 Å². The van der Waals surface area contributed by atoms with E-state index in [1.165, 1.54) is 6.07 Å². The Labute approximate surface area is 213 Å². The summed E-state index contributed by atoms with van der Waals surface area (Å²) >= 11 is 0. The molecule has 1 aliphatic rings. The third-order valence-corrected chi connectivity index (χ3v) is 6.62. The number of rotatable bonds is 2. The van der Waals surface area contributed by atoms with E-state index in [2.05, 4.69) is 11.1 Å². The van der Waals surface area contributed by atoms with Crippen LogP contribution < -0.4 is 5.56 Å². The number of pyridine rings is 2. The van der Waals surface area contributed by atoms with Gasteiger partial charge >= 0.3 is 6.09 Å². The molecule has 1 fully saturated rings. The lowest BCUT2D eigenvalue weighted by molar-refractivity contribution is 0.0187. The third-order valence-electron chi connectivity index (χ3n) is 6.62. The number of imidazole rings is 1. The average molecular weight is 502 g/mol. The highest BCUT2D eigenvalue weighted by Crippen LogP contribution is 2.29. The van der Waals surface area contributed by atoms with Gasteiger partial charge in [0.2, 0.25) is 0 Å². The van der Waals surface area contributed by atoms with Gasteiger partial charge in [0.25, 0.3) is 5.56 Å². The first kappa shape index (κ1) is 24.5. The van der Waals surface area contributed by atoms with E-state index in [1.807, 2.05) is 33.9 Å². The highest BCUT2D eigenvalue weighted by molar-refractivity contribution is 5.87. The van der Waals surface area contributed by atoms with Crippen LogP contribution in [0.3, 0.4) is 0 Å². The number of amides is 1. The van der Waals surface area contributed by atoms with Gasteiger partial charge in [0, 0.05) is 37.7 Å². The summed E-state index contributed by atoms with van der Waals surface area (Å²) in [4.78, 5) is 31.7. The van der Waals surface area contributed by atoms with Crippen LogP contribution in [0.1, 0.15) is 50.9 Å². The molecule has 0 spiro atoms. The number of nitrogens with zero attached hydrogens (tertiary/aromatic N) is 5. The van der Waals surface area contributed by atoms with E-state index in [-0.39, 0.29) is 17.5 Å². The average Bonchev–Trinajstić information content (AvgIpc) is 3.22. The maximum atomic E-state index is 15.4. The van der Waals surface area contributed by atoms with Crippen LogP contribution in [0, 0.1) is 24.1 Å². The van der Waals surface area contributed by atoms with Gasteiger partial charge in [-0.25, -0.2) is 14.2 Å². The summed E-state index contributed by atoms with van der Waals surface area (Å²) < 4.78 is 24.2. The van der Waals surface area contributed by atoms with Crippen molar-refractivity contribution in [2.24, 2.45) is 0 Å². The predicted molar refractivity (Wildman–Crippen MR) is 138 cm³/mol. The number of hydrogen-bond donors (Lipinski definition) is 0. The molecule has 0 saturated carbocycles. The maximum Gasteiger partial charge on any atom is 0.410 e. The lowest BCUT2D eigenvalue weighted by Crippen LogP contribution is -2.43. The number of fused-ring (bicyclic) bond motifs is 2. The van der Waals surface area contributed by atoms with Crippen molar-refractivity contribution in [2.45, 2.75) is 52.2 Å². The van der Waals surface area contributed by atoms with Gasteiger partial charge in [-0.1, -0.05) is 0 Å². The van der Waals surface area contributed by atoms with Gasteiger partial charge < -0.3 is 18.6 Å². The molecule has 5 rings (SSSR count). The topological polar surface area (TPSA) is 92.6 Å². The largest absolute Gasteiger partial charge is 0.444 e. The minimum atomic E-state index is -0.613. The van der Waals surface area contributed by atoms with E-state index in [0.717, 1.165) is 5.69 Å². The molecule has 1 aliphatic heterocycles. The Bertz CT molecular complexity index is 1630. The second-order valence-corrected chi connectivity index (χ2v) is 10.5. The van der Waals surface area contributed by atoms with Crippen molar-refractivity contribution < 1.29 is 13.9 Å². The lowest BCUT2D eigenvalue weighted by atomic mass is 10.0. The van der Waals surface area contributed by atoms with Crippen LogP contribution in [-0.2, 0) is 4.74 Å². The fraction of sp³-hybridized carbons (Fsp3) is 0.357. The van der Waals surface area contributed by atoms with Crippen molar-refractivity contribution in [1.29, 1.82) is 5.26 Å². The minimum Gasteiger partial charge on any atom is -0.444 e. The molecule has 190 valence electrons. The minimum absolute atomic E-state index is 0.0286. The second-order valence-electron chi connectivity index (χ2n) is 10.5. The first-order valence-corrected chi connectivity index (χ1v) is 12.3. The van der Waals surface area contributed by atoms with Crippen LogP contribution in [0.5, 0.6) is 0 Å². The molecule has 0 aliphatic carbocycles. The Morgan fingerprint density at radius 3 is 2.57 bits per heavy atom. The number of benzene rings is 1. The van der Waals surface area contributed by atoms with Gasteiger partial charge in [0.05, 0.1) is 16.6 Å². The number of hydrogen-bond acceptors (Lipinski definition) is 5. The third kappa shape index (κ3) is 4.67. The molecule has 4 heterocycles. The molecule has 0 bridgehead atoms.